The largest absolute Gasteiger partial charge is 0.490 e. The number of benzene rings is 2. The first-order chi connectivity index (χ1) is 18.5. The zero-order valence-electron chi connectivity index (χ0n) is 21.6. The van der Waals surface area contributed by atoms with Crippen molar-refractivity contribution in [1.82, 2.24) is 4.98 Å². The van der Waals surface area contributed by atoms with Gasteiger partial charge in [0.2, 0.25) is 5.76 Å². The van der Waals surface area contributed by atoms with Crippen molar-refractivity contribution < 1.29 is 33.3 Å². The zero-order valence-corrected chi connectivity index (χ0v) is 23.9. The number of carbonyl (C=O) groups excluding carboxylic acids is 1. The van der Waals surface area contributed by atoms with Crippen LogP contribution in [0.25, 0.3) is 17.3 Å². The van der Waals surface area contributed by atoms with Crippen LogP contribution in [0.5, 0.6) is 0 Å². The van der Waals surface area contributed by atoms with Crippen LogP contribution in [0.4, 0.5) is 9.52 Å². The van der Waals surface area contributed by atoms with Gasteiger partial charge in [0.05, 0.1) is 35.1 Å². The highest BCUT2D eigenvalue weighted by Gasteiger charge is 2.21. The SMILES string of the molecule is CO/C(=C/c1c(Cl)cc(C(=O)Nc2nc(-c3cccc(C(CCOC(C)C)OC)c3F)cs2)cc1Cl)C(=O)O. The maximum Gasteiger partial charge on any atom is 0.371 e. The van der Waals surface area contributed by atoms with Gasteiger partial charge in [-0.15, -0.1) is 11.3 Å². The molecule has 0 saturated heterocycles. The van der Waals surface area contributed by atoms with E-state index in [-0.39, 0.29) is 43.7 Å². The molecule has 2 aromatic carbocycles. The average molecular weight is 597 g/mol. The Labute approximate surface area is 239 Å². The molecule has 1 amide bonds. The molecule has 3 rings (SSSR count). The quantitative estimate of drug-likeness (QED) is 0.170. The molecule has 0 fully saturated rings. The van der Waals surface area contributed by atoms with Gasteiger partial charge in [0.1, 0.15) is 5.82 Å². The van der Waals surface area contributed by atoms with Gasteiger partial charge in [-0.05, 0) is 38.1 Å². The van der Waals surface area contributed by atoms with Crippen LogP contribution >= 0.6 is 34.5 Å². The van der Waals surface area contributed by atoms with E-state index in [1.807, 2.05) is 13.8 Å². The van der Waals surface area contributed by atoms with E-state index in [1.165, 1.54) is 26.4 Å². The number of nitrogens with zero attached hydrogens (tertiary/aromatic N) is 1. The van der Waals surface area contributed by atoms with E-state index < -0.39 is 23.8 Å². The third-order valence-corrected chi connectivity index (χ3v) is 6.92. The van der Waals surface area contributed by atoms with Gasteiger partial charge in [0.25, 0.3) is 5.91 Å². The van der Waals surface area contributed by atoms with Crippen LogP contribution in [-0.4, -0.2) is 48.9 Å². The molecule has 1 heterocycles. The van der Waals surface area contributed by atoms with Crippen molar-refractivity contribution >= 4 is 57.6 Å². The molecule has 12 heteroatoms. The van der Waals surface area contributed by atoms with E-state index in [4.69, 9.17) is 42.5 Å². The second-order valence-electron chi connectivity index (χ2n) is 8.50. The fraction of sp³-hybridized carbons (Fsp3) is 0.296. The molecule has 0 aliphatic heterocycles. The van der Waals surface area contributed by atoms with Crippen LogP contribution in [-0.2, 0) is 19.0 Å². The molecule has 1 unspecified atom stereocenters. The topological polar surface area (TPSA) is 107 Å². The molecular weight excluding hydrogens is 570 g/mol. The molecule has 0 radical (unpaired) electrons. The van der Waals surface area contributed by atoms with Crippen LogP contribution in [0.15, 0.2) is 41.5 Å². The lowest BCUT2D eigenvalue weighted by molar-refractivity contribution is -0.135. The maximum absolute atomic E-state index is 15.5. The lowest BCUT2D eigenvalue weighted by atomic mass is 10.0. The van der Waals surface area contributed by atoms with E-state index in [0.717, 1.165) is 17.4 Å². The summed E-state index contributed by atoms with van der Waals surface area (Å²) in [4.78, 5) is 28.4. The third kappa shape index (κ3) is 7.77. The lowest BCUT2D eigenvalue weighted by Gasteiger charge is -2.18. The van der Waals surface area contributed by atoms with Gasteiger partial charge in [-0.1, -0.05) is 35.3 Å². The summed E-state index contributed by atoms with van der Waals surface area (Å²) < 4.78 is 31.4. The summed E-state index contributed by atoms with van der Waals surface area (Å²) in [6, 6.07) is 7.68. The first kappa shape index (κ1) is 30.5. The van der Waals surface area contributed by atoms with E-state index in [2.05, 4.69) is 10.3 Å². The molecule has 2 N–H and O–H groups in total. The Hall–Kier alpha value is -3.02. The van der Waals surface area contributed by atoms with Crippen LogP contribution in [0.1, 0.15) is 47.9 Å². The van der Waals surface area contributed by atoms with Gasteiger partial charge in [-0.25, -0.2) is 14.2 Å². The highest BCUT2D eigenvalue weighted by Crippen LogP contribution is 2.33. The van der Waals surface area contributed by atoms with Crippen molar-refractivity contribution in [3.63, 3.8) is 0 Å². The normalized spacial score (nSPS) is 12.5. The first-order valence-corrected chi connectivity index (χ1v) is 13.4. The molecule has 0 spiro atoms. The van der Waals surface area contributed by atoms with Crippen LogP contribution < -0.4 is 5.32 Å². The molecule has 0 aliphatic rings. The Kier molecular flexibility index (Phi) is 10.8. The predicted molar refractivity (Wildman–Crippen MR) is 150 cm³/mol. The monoisotopic (exact) mass is 596 g/mol. The summed E-state index contributed by atoms with van der Waals surface area (Å²) in [5, 5.41) is 13.8. The number of nitrogens with one attached hydrogen (secondary N) is 1. The molecule has 3 aromatic rings. The third-order valence-electron chi connectivity index (χ3n) is 5.54. The molecule has 208 valence electrons. The Morgan fingerprint density at radius 1 is 1.21 bits per heavy atom. The van der Waals surface area contributed by atoms with Gasteiger partial charge in [-0.2, -0.15) is 0 Å². The van der Waals surface area contributed by atoms with Gasteiger partial charge >= 0.3 is 5.97 Å². The number of hydrogen-bond acceptors (Lipinski definition) is 7. The number of halogens is 3. The van der Waals surface area contributed by atoms with Crippen molar-refractivity contribution in [2.75, 3.05) is 26.1 Å². The fourth-order valence-corrected chi connectivity index (χ4v) is 4.93. The van der Waals surface area contributed by atoms with Crippen molar-refractivity contribution in [3.05, 3.63) is 74.0 Å². The summed E-state index contributed by atoms with van der Waals surface area (Å²) in [6.45, 7) is 4.28. The van der Waals surface area contributed by atoms with E-state index >= 15 is 4.39 Å². The number of amides is 1. The smallest absolute Gasteiger partial charge is 0.371 e. The number of carbonyl (C=O) groups is 2. The standard InChI is InChI=1S/C27H27Cl2FN2O6S/c1-14(2)38-9-8-22(36-3)17-7-5-6-16(24(17)30)21-13-39-27(31-21)32-25(33)15-10-19(28)18(20(29)11-15)12-23(37-4)26(34)35/h5-7,10-14,22H,8-9H2,1-4H3,(H,34,35)(H,31,32,33)/b23-12+. The van der Waals surface area contributed by atoms with Crippen molar-refractivity contribution in [2.45, 2.75) is 32.5 Å². The second-order valence-corrected chi connectivity index (χ2v) is 10.2. The molecule has 1 atom stereocenters. The Bertz CT molecular complexity index is 1360. The van der Waals surface area contributed by atoms with E-state index in [9.17, 15) is 9.59 Å². The summed E-state index contributed by atoms with van der Waals surface area (Å²) in [7, 11) is 2.72. The van der Waals surface area contributed by atoms with Crippen LogP contribution in [0, 0.1) is 5.82 Å². The van der Waals surface area contributed by atoms with Crippen molar-refractivity contribution in [2.24, 2.45) is 0 Å². The number of thiazole rings is 1. The lowest BCUT2D eigenvalue weighted by Crippen LogP contribution is -2.12. The van der Waals surface area contributed by atoms with Gasteiger partial charge in [-0.3, -0.25) is 10.1 Å². The van der Waals surface area contributed by atoms with Crippen LogP contribution in [0.3, 0.4) is 0 Å². The summed E-state index contributed by atoms with van der Waals surface area (Å²) >= 11 is 13.6. The van der Waals surface area contributed by atoms with Crippen molar-refractivity contribution in [1.29, 1.82) is 0 Å². The molecule has 0 bridgehead atoms. The molecule has 8 nitrogen and oxygen atoms in total. The number of ether oxygens (including phenoxy) is 3. The Morgan fingerprint density at radius 3 is 2.49 bits per heavy atom. The number of hydrogen-bond donors (Lipinski definition) is 2. The highest BCUT2D eigenvalue weighted by atomic mass is 35.5. The van der Waals surface area contributed by atoms with E-state index in [0.29, 0.717) is 24.3 Å². The number of aliphatic carboxylic acids is 1. The fourth-order valence-electron chi connectivity index (χ4n) is 3.62. The molecule has 0 saturated carbocycles. The number of anilines is 1. The minimum absolute atomic E-state index is 0.0497. The first-order valence-electron chi connectivity index (χ1n) is 11.7. The van der Waals surface area contributed by atoms with E-state index in [1.54, 1.807) is 23.6 Å². The number of methoxy groups -OCH3 is 2. The van der Waals surface area contributed by atoms with Crippen LogP contribution in [0.2, 0.25) is 10.0 Å². The number of carboxylic acid groups (broad SMARTS) is 1. The number of aromatic nitrogens is 1. The molecule has 1 aromatic heterocycles. The Balaban J connectivity index is 1.80. The van der Waals surface area contributed by atoms with Crippen molar-refractivity contribution in [3.8, 4) is 11.3 Å². The summed E-state index contributed by atoms with van der Waals surface area (Å²) in [5.74, 6) is -2.69. The van der Waals surface area contributed by atoms with Gasteiger partial charge < -0.3 is 19.3 Å². The molecule has 0 aliphatic carbocycles. The van der Waals surface area contributed by atoms with Gasteiger partial charge in [0, 0.05) is 47.8 Å². The highest BCUT2D eigenvalue weighted by molar-refractivity contribution is 7.14. The minimum atomic E-state index is -1.30. The Morgan fingerprint density at radius 2 is 1.90 bits per heavy atom. The zero-order chi connectivity index (χ0) is 28.7. The summed E-state index contributed by atoms with van der Waals surface area (Å²) in [6.07, 6.45) is 1.21. The average Bonchev–Trinajstić information content (AvgIpc) is 3.34. The number of carboxylic acids is 1. The van der Waals surface area contributed by atoms with Gasteiger partial charge in [0.15, 0.2) is 5.13 Å². The summed E-state index contributed by atoms with van der Waals surface area (Å²) in [5.41, 5.74) is 1.31. The maximum atomic E-state index is 15.5. The molecular formula is C27H27Cl2FN2O6S. The number of rotatable bonds is 12. The predicted octanol–water partition coefficient (Wildman–Crippen LogP) is 7.08. The minimum Gasteiger partial charge on any atom is -0.490 e. The second kappa shape index (κ2) is 13.9. The molecule has 39 heavy (non-hydrogen) atoms.